The molecule has 2 amide bonds. The first-order chi connectivity index (χ1) is 14.4. The smallest absolute Gasteiger partial charge is 0.311 e. The maximum absolute atomic E-state index is 12.3. The van der Waals surface area contributed by atoms with Crippen LogP contribution in [0.15, 0.2) is 59.5 Å². The van der Waals surface area contributed by atoms with Gasteiger partial charge in [-0.1, -0.05) is 42.1 Å². The molecular formula is C21H20F2N2O4S. The number of ether oxygens (including phenoxy) is 1. The molecule has 0 aromatic heterocycles. The van der Waals surface area contributed by atoms with E-state index in [-0.39, 0.29) is 18.9 Å². The fraction of sp³-hybridized carbons (Fsp3) is 0.286. The second-order valence-electron chi connectivity index (χ2n) is 6.72. The molecule has 158 valence electrons. The van der Waals surface area contributed by atoms with Crippen molar-refractivity contribution in [3.05, 3.63) is 60.2 Å². The first-order valence-electron chi connectivity index (χ1n) is 9.24. The molecule has 0 radical (unpaired) electrons. The second kappa shape index (κ2) is 10.2. The highest BCUT2D eigenvalue weighted by Gasteiger charge is 2.35. The van der Waals surface area contributed by atoms with Crippen molar-refractivity contribution in [2.24, 2.45) is 5.92 Å². The van der Waals surface area contributed by atoms with E-state index in [1.54, 1.807) is 4.90 Å². The lowest BCUT2D eigenvalue weighted by molar-refractivity contribution is -0.151. The molecule has 9 heteroatoms. The van der Waals surface area contributed by atoms with E-state index in [9.17, 15) is 23.2 Å². The van der Waals surface area contributed by atoms with E-state index < -0.39 is 30.2 Å². The van der Waals surface area contributed by atoms with Crippen molar-refractivity contribution >= 4 is 35.2 Å². The third kappa shape index (κ3) is 6.28. The van der Waals surface area contributed by atoms with Crippen molar-refractivity contribution in [1.82, 2.24) is 4.90 Å². The maximum atomic E-state index is 12.3. The number of benzene rings is 2. The average molecular weight is 434 g/mol. The van der Waals surface area contributed by atoms with Gasteiger partial charge in [-0.05, 0) is 29.8 Å². The molecule has 0 saturated carbocycles. The number of carbonyl (C=O) groups is 3. The largest absolute Gasteiger partial charge is 0.455 e. The molecule has 3 rings (SSSR count). The number of rotatable bonds is 8. The Bertz CT molecular complexity index is 894. The molecule has 1 fully saturated rings. The number of nitrogens with one attached hydrogen (secondary N) is 1. The Labute approximate surface area is 176 Å². The molecule has 6 nitrogen and oxygen atoms in total. The van der Waals surface area contributed by atoms with Crippen LogP contribution in [0.4, 0.5) is 14.5 Å². The van der Waals surface area contributed by atoms with Gasteiger partial charge in [-0.2, -0.15) is 8.78 Å². The van der Waals surface area contributed by atoms with E-state index in [1.807, 2.05) is 30.3 Å². The van der Waals surface area contributed by atoms with Gasteiger partial charge in [0.1, 0.15) is 0 Å². The standard InChI is InChI=1S/C21H20F2N2O4S/c22-21(23)30-17-8-6-16(7-9-17)24-18(26)13-29-20(28)15-10-19(27)25(12-15)11-14-4-2-1-3-5-14/h1-9,15,21H,10-13H2,(H,24,26). The van der Waals surface area contributed by atoms with Gasteiger partial charge in [0.15, 0.2) is 6.61 Å². The quantitative estimate of drug-likeness (QED) is 0.508. The number of anilines is 1. The Hall–Kier alpha value is -2.94. The molecule has 0 bridgehead atoms. The van der Waals surface area contributed by atoms with Crippen LogP contribution in [0.5, 0.6) is 0 Å². The highest BCUT2D eigenvalue weighted by atomic mass is 32.2. The molecular weight excluding hydrogens is 414 g/mol. The molecule has 1 N–H and O–H groups in total. The van der Waals surface area contributed by atoms with Gasteiger partial charge in [0.05, 0.1) is 5.92 Å². The first kappa shape index (κ1) is 21.8. The van der Waals surface area contributed by atoms with Crippen LogP contribution in [0, 0.1) is 5.92 Å². The van der Waals surface area contributed by atoms with Crippen LogP contribution in [0.3, 0.4) is 0 Å². The number of nitrogens with zero attached hydrogens (tertiary/aromatic N) is 1. The summed E-state index contributed by atoms with van der Waals surface area (Å²) in [6.07, 6.45) is 0.0521. The fourth-order valence-corrected chi connectivity index (χ4v) is 3.56. The Kier molecular flexibility index (Phi) is 7.40. The van der Waals surface area contributed by atoms with Crippen molar-refractivity contribution < 1.29 is 27.9 Å². The van der Waals surface area contributed by atoms with Gasteiger partial charge in [0.2, 0.25) is 5.91 Å². The number of esters is 1. The number of hydrogen-bond donors (Lipinski definition) is 1. The van der Waals surface area contributed by atoms with Crippen LogP contribution in [0.1, 0.15) is 12.0 Å². The number of amides is 2. The molecule has 1 unspecified atom stereocenters. The van der Waals surface area contributed by atoms with Crippen LogP contribution in [0.2, 0.25) is 0 Å². The van der Waals surface area contributed by atoms with Crippen LogP contribution in [-0.4, -0.2) is 41.6 Å². The van der Waals surface area contributed by atoms with E-state index in [4.69, 9.17) is 4.74 Å². The third-order valence-corrected chi connectivity index (χ3v) is 5.20. The molecule has 1 atom stereocenters. The zero-order valence-electron chi connectivity index (χ0n) is 15.9. The topological polar surface area (TPSA) is 75.7 Å². The predicted molar refractivity (Wildman–Crippen MR) is 108 cm³/mol. The summed E-state index contributed by atoms with van der Waals surface area (Å²) in [6.45, 7) is 0.178. The molecule has 1 aliphatic heterocycles. The Morgan fingerprint density at radius 3 is 2.50 bits per heavy atom. The van der Waals surface area contributed by atoms with Crippen molar-refractivity contribution in [2.45, 2.75) is 23.6 Å². The van der Waals surface area contributed by atoms with Gasteiger partial charge in [-0.3, -0.25) is 14.4 Å². The number of carbonyl (C=O) groups excluding carboxylic acids is 3. The zero-order chi connectivity index (χ0) is 21.5. The monoisotopic (exact) mass is 434 g/mol. The maximum Gasteiger partial charge on any atom is 0.311 e. The lowest BCUT2D eigenvalue weighted by Gasteiger charge is -2.16. The number of likely N-dealkylation sites (tertiary alicyclic amines) is 1. The molecule has 2 aromatic carbocycles. The zero-order valence-corrected chi connectivity index (χ0v) is 16.7. The fourth-order valence-electron chi connectivity index (χ4n) is 3.06. The van der Waals surface area contributed by atoms with E-state index in [0.717, 1.165) is 5.56 Å². The number of halogens is 2. The summed E-state index contributed by atoms with van der Waals surface area (Å²) in [7, 11) is 0. The highest BCUT2D eigenvalue weighted by Crippen LogP contribution is 2.26. The van der Waals surface area contributed by atoms with E-state index in [2.05, 4.69) is 5.32 Å². The van der Waals surface area contributed by atoms with Gasteiger partial charge in [-0.25, -0.2) is 0 Å². The number of alkyl halides is 2. The predicted octanol–water partition coefficient (Wildman–Crippen LogP) is 3.53. The van der Waals surface area contributed by atoms with Crippen molar-refractivity contribution in [3.8, 4) is 0 Å². The number of thioether (sulfide) groups is 1. The molecule has 1 aliphatic rings. The summed E-state index contributed by atoms with van der Waals surface area (Å²) >= 11 is 0.408. The highest BCUT2D eigenvalue weighted by molar-refractivity contribution is 7.99. The lowest BCUT2D eigenvalue weighted by atomic mass is 10.1. The molecule has 2 aromatic rings. The minimum atomic E-state index is -2.52. The first-order valence-corrected chi connectivity index (χ1v) is 10.1. The van der Waals surface area contributed by atoms with E-state index in [0.29, 0.717) is 28.9 Å². The normalized spacial score (nSPS) is 16.0. The Morgan fingerprint density at radius 2 is 1.83 bits per heavy atom. The van der Waals surface area contributed by atoms with Crippen LogP contribution >= 0.6 is 11.8 Å². The summed E-state index contributed by atoms with van der Waals surface area (Å²) in [5.41, 5.74) is 1.37. The molecule has 0 aliphatic carbocycles. The summed E-state index contributed by atoms with van der Waals surface area (Å²) in [5, 5.41) is 2.53. The van der Waals surface area contributed by atoms with Crippen molar-refractivity contribution in [1.29, 1.82) is 0 Å². The summed E-state index contributed by atoms with van der Waals surface area (Å²) in [6, 6.07) is 15.4. The van der Waals surface area contributed by atoms with Gasteiger partial charge >= 0.3 is 5.97 Å². The summed E-state index contributed by atoms with van der Waals surface area (Å²) in [5.74, 6) is -4.41. The molecule has 1 saturated heterocycles. The minimum Gasteiger partial charge on any atom is -0.455 e. The Morgan fingerprint density at radius 1 is 1.13 bits per heavy atom. The summed E-state index contributed by atoms with van der Waals surface area (Å²) < 4.78 is 29.7. The van der Waals surface area contributed by atoms with Crippen molar-refractivity contribution in [3.63, 3.8) is 0 Å². The van der Waals surface area contributed by atoms with Gasteiger partial charge in [0.25, 0.3) is 11.7 Å². The van der Waals surface area contributed by atoms with Gasteiger partial charge < -0.3 is 15.0 Å². The van der Waals surface area contributed by atoms with E-state index >= 15 is 0 Å². The lowest BCUT2D eigenvalue weighted by Crippen LogP contribution is -2.28. The van der Waals surface area contributed by atoms with Crippen LogP contribution in [0.25, 0.3) is 0 Å². The van der Waals surface area contributed by atoms with E-state index in [1.165, 1.54) is 24.3 Å². The second-order valence-corrected chi connectivity index (χ2v) is 7.78. The van der Waals surface area contributed by atoms with Gasteiger partial charge in [-0.15, -0.1) is 0 Å². The van der Waals surface area contributed by atoms with Crippen molar-refractivity contribution in [2.75, 3.05) is 18.5 Å². The molecule has 0 spiro atoms. The minimum absolute atomic E-state index is 0.0521. The van der Waals surface area contributed by atoms with Crippen LogP contribution in [-0.2, 0) is 25.7 Å². The molecule has 1 heterocycles. The third-order valence-electron chi connectivity index (χ3n) is 4.47. The SMILES string of the molecule is O=C(COC(=O)C1CC(=O)N(Cc2ccccc2)C1)Nc1ccc(SC(F)F)cc1. The average Bonchev–Trinajstić information content (AvgIpc) is 3.08. The van der Waals surface area contributed by atoms with Crippen LogP contribution < -0.4 is 5.32 Å². The number of hydrogen-bond acceptors (Lipinski definition) is 5. The van der Waals surface area contributed by atoms with Gasteiger partial charge in [0, 0.05) is 30.1 Å². The molecule has 30 heavy (non-hydrogen) atoms. The Balaban J connectivity index is 1.43. The summed E-state index contributed by atoms with van der Waals surface area (Å²) in [4.78, 5) is 38.3.